The molecule has 0 saturated carbocycles. The van der Waals surface area contributed by atoms with Crippen molar-refractivity contribution in [2.75, 3.05) is 0 Å². The molecule has 0 heterocycles. The molecule has 0 aliphatic rings. The maximum absolute atomic E-state index is 5.59. The monoisotopic (exact) mass is 524 g/mol. The molecule has 0 aliphatic heterocycles. The van der Waals surface area contributed by atoms with Crippen molar-refractivity contribution in [2.45, 2.75) is 6.61 Å². The van der Waals surface area contributed by atoms with Gasteiger partial charge in [0.2, 0.25) is 0 Å². The molecule has 0 aliphatic carbocycles. The van der Waals surface area contributed by atoms with Gasteiger partial charge in [-0.15, -0.1) is 0 Å². The number of rotatable bonds is 3. The second kappa shape index (κ2) is 5.39. The molecule has 0 bridgehead atoms. The van der Waals surface area contributed by atoms with Crippen molar-refractivity contribution in [1.29, 1.82) is 0 Å². The fourth-order valence-corrected chi connectivity index (χ4v) is 4.74. The zero-order valence-corrected chi connectivity index (χ0v) is 14.5. The topological polar surface area (TPSA) is 9.23 Å². The summed E-state index contributed by atoms with van der Waals surface area (Å²) in [6, 6.07) is 10.1. The fraction of sp³-hybridized carbons (Fsp3) is 0.143. The van der Waals surface area contributed by atoms with Crippen LogP contribution in [-0.4, -0.2) is 0 Å². The number of hydrogen-bond acceptors (Lipinski definition) is 1. The van der Waals surface area contributed by atoms with Gasteiger partial charge in [-0.2, -0.15) is 0 Å². The molecule has 1 aromatic carbocycles. The molecule has 66 valence electrons. The van der Waals surface area contributed by atoms with E-state index < -0.39 is 13.4 Å². The zero-order valence-electron chi connectivity index (χ0n) is 6.14. The van der Waals surface area contributed by atoms with Crippen LogP contribution in [-0.2, 0) is 22.9 Å². The molecule has 0 spiro atoms. The van der Waals surface area contributed by atoms with Gasteiger partial charge in [-0.25, -0.2) is 0 Å². The molecule has 1 nitrogen and oxygen atoms in total. The van der Waals surface area contributed by atoms with Gasteiger partial charge in [-0.05, 0) is 0 Å². The third-order valence-corrected chi connectivity index (χ3v) is 8.56. The maximum atomic E-state index is 5.59. The molecule has 0 amide bonds. The van der Waals surface area contributed by atoms with E-state index in [-0.39, 0.29) is 0 Å². The van der Waals surface area contributed by atoms with Crippen molar-refractivity contribution in [3.63, 3.8) is 0 Å². The molecular formula is C7H7Br3HfO. The van der Waals surface area contributed by atoms with Crippen LogP contribution in [0.2, 0.25) is 0 Å². The van der Waals surface area contributed by atoms with Crippen LogP contribution >= 0.6 is 36.9 Å². The van der Waals surface area contributed by atoms with Crippen molar-refractivity contribution in [1.82, 2.24) is 0 Å². The van der Waals surface area contributed by atoms with Crippen molar-refractivity contribution >= 4 is 36.9 Å². The third-order valence-electron chi connectivity index (χ3n) is 1.25. The number of halogens is 3. The SMILES string of the molecule is [Br][Hf]([Br])([Br])[O]Cc1ccccc1. The molecule has 0 aromatic heterocycles. The Balaban J connectivity index is 2.44. The van der Waals surface area contributed by atoms with Crippen molar-refractivity contribution in [2.24, 2.45) is 0 Å². The second-order valence-corrected chi connectivity index (χ2v) is 60.0. The van der Waals surface area contributed by atoms with Crippen LogP contribution in [0.4, 0.5) is 0 Å². The van der Waals surface area contributed by atoms with E-state index in [0.29, 0.717) is 6.61 Å². The molecular weight excluding hydrogens is 518 g/mol. The minimum absolute atomic E-state index is 0.657. The summed E-state index contributed by atoms with van der Waals surface area (Å²) in [5.41, 5.74) is 1.19. The second-order valence-electron chi connectivity index (χ2n) is 2.22. The summed E-state index contributed by atoms with van der Waals surface area (Å²) >= 11 is 7.73. The Morgan fingerprint density at radius 1 is 1.08 bits per heavy atom. The molecule has 0 radical (unpaired) electrons. The fourth-order valence-electron chi connectivity index (χ4n) is 0.739. The summed E-state index contributed by atoms with van der Waals surface area (Å²) in [5.74, 6) is 0. The Bertz CT molecular complexity index is 234. The first-order valence-corrected chi connectivity index (χ1v) is 28.3. The molecule has 0 atom stereocenters. The first kappa shape index (κ1) is 11.6. The van der Waals surface area contributed by atoms with E-state index in [0.717, 1.165) is 0 Å². The van der Waals surface area contributed by atoms with Crippen LogP contribution in [0.3, 0.4) is 0 Å². The molecule has 0 fully saturated rings. The van der Waals surface area contributed by atoms with Gasteiger partial charge in [-0.1, -0.05) is 0 Å². The van der Waals surface area contributed by atoms with Crippen LogP contribution in [0.15, 0.2) is 30.3 Å². The summed E-state index contributed by atoms with van der Waals surface area (Å²) in [6.45, 7) is 0.657. The summed E-state index contributed by atoms with van der Waals surface area (Å²) in [7, 11) is 0. The molecule has 12 heavy (non-hydrogen) atoms. The van der Waals surface area contributed by atoms with E-state index >= 15 is 0 Å². The van der Waals surface area contributed by atoms with Gasteiger partial charge in [0.1, 0.15) is 0 Å². The van der Waals surface area contributed by atoms with E-state index in [1.54, 1.807) is 0 Å². The van der Waals surface area contributed by atoms with Gasteiger partial charge in [0.05, 0.1) is 0 Å². The molecule has 1 aromatic rings. The van der Waals surface area contributed by atoms with Crippen LogP contribution in [0.5, 0.6) is 0 Å². The predicted molar refractivity (Wildman–Crippen MR) is 58.0 cm³/mol. The third kappa shape index (κ3) is 5.27. The summed E-state index contributed by atoms with van der Waals surface area (Å²) in [6.07, 6.45) is 0. The van der Waals surface area contributed by atoms with E-state index in [1.165, 1.54) is 5.56 Å². The quantitative estimate of drug-likeness (QED) is 0.538. The minimum atomic E-state index is -2.68. The Kier molecular flexibility index (Phi) is 5.19. The predicted octanol–water partition coefficient (Wildman–Crippen LogP) is 4.20. The first-order chi connectivity index (χ1) is 5.58. The van der Waals surface area contributed by atoms with Crippen LogP contribution < -0.4 is 0 Å². The van der Waals surface area contributed by atoms with E-state index in [1.807, 2.05) is 30.3 Å². The van der Waals surface area contributed by atoms with Gasteiger partial charge >= 0.3 is 95.7 Å². The molecule has 0 N–H and O–H groups in total. The molecule has 1 rings (SSSR count). The van der Waals surface area contributed by atoms with Gasteiger partial charge in [0.25, 0.3) is 0 Å². The Labute approximate surface area is 94.3 Å². The summed E-state index contributed by atoms with van der Waals surface area (Å²) in [5, 5.41) is 0. The van der Waals surface area contributed by atoms with Crippen LogP contribution in [0.1, 0.15) is 5.56 Å². The van der Waals surface area contributed by atoms with Crippen molar-refractivity contribution in [3.8, 4) is 0 Å². The molecule has 0 unspecified atom stereocenters. The van der Waals surface area contributed by atoms with Gasteiger partial charge in [0, 0.05) is 0 Å². The average Bonchev–Trinajstić information content (AvgIpc) is 2.02. The van der Waals surface area contributed by atoms with Gasteiger partial charge in [0.15, 0.2) is 0 Å². The summed E-state index contributed by atoms with van der Waals surface area (Å²) in [4.78, 5) is 0. The number of benzene rings is 1. The zero-order chi connectivity index (χ0) is 9.03. The summed E-state index contributed by atoms with van der Waals surface area (Å²) < 4.78 is 5.59. The number of hydrogen-bond donors (Lipinski definition) is 0. The van der Waals surface area contributed by atoms with E-state index in [9.17, 15) is 0 Å². The Morgan fingerprint density at radius 2 is 1.67 bits per heavy atom. The standard InChI is InChI=1S/C7H7O.3BrH.Hf/c8-6-7-4-2-1-3-5-7;;;;/h1-5H,6H2;3*1H;/q-1;;;;+4/p-3. The van der Waals surface area contributed by atoms with Crippen LogP contribution in [0.25, 0.3) is 0 Å². The Hall–Kier alpha value is 1.49. The normalized spacial score (nSPS) is 11.6. The van der Waals surface area contributed by atoms with Crippen molar-refractivity contribution in [3.05, 3.63) is 35.9 Å². The van der Waals surface area contributed by atoms with Gasteiger partial charge in [-0.3, -0.25) is 0 Å². The van der Waals surface area contributed by atoms with E-state index in [2.05, 4.69) is 36.9 Å². The Morgan fingerprint density at radius 3 is 2.17 bits per heavy atom. The van der Waals surface area contributed by atoms with Crippen molar-refractivity contribution < 1.29 is 16.3 Å². The average molecular weight is 525 g/mol. The van der Waals surface area contributed by atoms with Crippen LogP contribution in [0, 0.1) is 0 Å². The van der Waals surface area contributed by atoms with E-state index in [4.69, 9.17) is 2.85 Å². The molecule has 5 heteroatoms. The molecule has 0 saturated heterocycles. The first-order valence-electron chi connectivity index (χ1n) is 3.32. The van der Waals surface area contributed by atoms with Gasteiger partial charge < -0.3 is 0 Å².